The molecule has 1 aliphatic carbocycles. The van der Waals surface area contributed by atoms with Crippen molar-refractivity contribution in [3.05, 3.63) is 34.9 Å². The van der Waals surface area contributed by atoms with Gasteiger partial charge in [0.05, 0.1) is 0 Å². The van der Waals surface area contributed by atoms with Crippen molar-refractivity contribution in [2.45, 2.75) is 38.6 Å². The summed E-state index contributed by atoms with van der Waals surface area (Å²) in [4.78, 5) is 11.9. The van der Waals surface area contributed by atoms with Gasteiger partial charge < -0.3 is 5.32 Å². The molecule has 114 valence electrons. The Labute approximate surface area is 135 Å². The zero-order valence-electron chi connectivity index (χ0n) is 12.0. The molecule has 1 fully saturated rings. The molecule has 0 unspecified atom stereocenters. The number of benzene rings is 1. The van der Waals surface area contributed by atoms with Crippen LogP contribution in [0.4, 0.5) is 0 Å². The molecule has 0 heterocycles. The van der Waals surface area contributed by atoms with E-state index in [0.717, 1.165) is 6.42 Å². The van der Waals surface area contributed by atoms with Crippen molar-refractivity contribution in [1.82, 2.24) is 16.2 Å². The summed E-state index contributed by atoms with van der Waals surface area (Å²) in [6.45, 7) is 2.23. The first-order valence-electron chi connectivity index (χ1n) is 7.18. The minimum Gasteiger partial charge on any atom is -0.358 e. The van der Waals surface area contributed by atoms with Crippen molar-refractivity contribution in [2.75, 3.05) is 0 Å². The van der Waals surface area contributed by atoms with Crippen LogP contribution in [-0.2, 0) is 0 Å². The van der Waals surface area contributed by atoms with E-state index in [9.17, 15) is 4.79 Å². The van der Waals surface area contributed by atoms with E-state index in [2.05, 4.69) is 23.1 Å². The number of carbonyl (C=O) groups excluding carboxylic acids is 1. The van der Waals surface area contributed by atoms with E-state index in [-0.39, 0.29) is 5.91 Å². The molecule has 1 saturated carbocycles. The van der Waals surface area contributed by atoms with Gasteiger partial charge in [0.15, 0.2) is 5.11 Å². The van der Waals surface area contributed by atoms with Gasteiger partial charge in [0.25, 0.3) is 5.91 Å². The predicted molar refractivity (Wildman–Crippen MR) is 89.2 cm³/mol. The van der Waals surface area contributed by atoms with E-state index < -0.39 is 0 Å². The molecule has 0 aromatic heterocycles. The van der Waals surface area contributed by atoms with Gasteiger partial charge in [-0.15, -0.1) is 0 Å². The number of halogens is 1. The van der Waals surface area contributed by atoms with Gasteiger partial charge in [-0.3, -0.25) is 15.6 Å². The number of amides is 1. The summed E-state index contributed by atoms with van der Waals surface area (Å²) in [5, 5.41) is 4.32. The third kappa shape index (κ3) is 4.86. The Hall–Kier alpha value is -1.33. The predicted octanol–water partition coefficient (Wildman–Crippen LogP) is 3.03. The molecule has 3 N–H and O–H groups in total. The summed E-state index contributed by atoms with van der Waals surface area (Å²) in [5.74, 6) is 0.359. The second kappa shape index (κ2) is 7.61. The highest BCUT2D eigenvalue weighted by molar-refractivity contribution is 7.80. The molecular formula is C15H20ClN3OS. The van der Waals surface area contributed by atoms with E-state index in [1.165, 1.54) is 19.3 Å². The van der Waals surface area contributed by atoms with E-state index in [4.69, 9.17) is 23.8 Å². The van der Waals surface area contributed by atoms with Crippen molar-refractivity contribution >= 4 is 34.8 Å². The van der Waals surface area contributed by atoms with Gasteiger partial charge in [0, 0.05) is 16.6 Å². The molecule has 0 aliphatic heterocycles. The number of nitrogens with one attached hydrogen (secondary N) is 3. The molecule has 1 amide bonds. The topological polar surface area (TPSA) is 53.2 Å². The lowest BCUT2D eigenvalue weighted by atomic mass is 9.86. The largest absolute Gasteiger partial charge is 0.358 e. The van der Waals surface area contributed by atoms with Gasteiger partial charge >= 0.3 is 0 Å². The van der Waals surface area contributed by atoms with Crippen molar-refractivity contribution < 1.29 is 4.79 Å². The Balaban J connectivity index is 1.78. The van der Waals surface area contributed by atoms with Crippen LogP contribution in [0.2, 0.25) is 5.02 Å². The van der Waals surface area contributed by atoms with Crippen molar-refractivity contribution in [1.29, 1.82) is 0 Å². The molecule has 0 bridgehead atoms. The Kier molecular flexibility index (Phi) is 5.82. The molecule has 0 spiro atoms. The Morgan fingerprint density at radius 1 is 1.19 bits per heavy atom. The molecule has 2 atom stereocenters. The fraction of sp³-hybridized carbons (Fsp3) is 0.467. The van der Waals surface area contributed by atoms with Crippen LogP contribution in [0.15, 0.2) is 24.3 Å². The van der Waals surface area contributed by atoms with Gasteiger partial charge in [0.2, 0.25) is 0 Å². The van der Waals surface area contributed by atoms with Crippen LogP contribution < -0.4 is 16.2 Å². The van der Waals surface area contributed by atoms with Gasteiger partial charge in [-0.25, -0.2) is 0 Å². The quantitative estimate of drug-likeness (QED) is 0.578. The van der Waals surface area contributed by atoms with Crippen LogP contribution in [0.1, 0.15) is 43.0 Å². The Morgan fingerprint density at radius 2 is 1.86 bits per heavy atom. The summed E-state index contributed by atoms with van der Waals surface area (Å²) in [7, 11) is 0. The first-order valence-corrected chi connectivity index (χ1v) is 7.97. The molecule has 6 heteroatoms. The maximum absolute atomic E-state index is 11.9. The fourth-order valence-corrected chi connectivity index (χ4v) is 2.85. The lowest BCUT2D eigenvalue weighted by Gasteiger charge is -2.30. The molecule has 1 aromatic rings. The van der Waals surface area contributed by atoms with E-state index >= 15 is 0 Å². The standard InChI is InChI=1S/C15H20ClN3OS/c1-10-4-2-3-5-13(10)17-15(21)19-18-14(20)11-6-8-12(16)9-7-11/h6-10,13H,2-5H2,1H3,(H,18,20)(H2,17,19,21)/t10-,13+/m0/s1. The monoisotopic (exact) mass is 325 g/mol. The molecule has 0 saturated heterocycles. The van der Waals surface area contributed by atoms with Crippen LogP contribution in [-0.4, -0.2) is 17.1 Å². The minimum atomic E-state index is -0.243. The average molecular weight is 326 g/mol. The van der Waals surface area contributed by atoms with Gasteiger partial charge in [-0.1, -0.05) is 31.4 Å². The van der Waals surface area contributed by atoms with E-state index in [1.54, 1.807) is 24.3 Å². The number of hydrogen-bond acceptors (Lipinski definition) is 2. The van der Waals surface area contributed by atoms with Crippen LogP contribution in [0.5, 0.6) is 0 Å². The SMILES string of the molecule is C[C@H]1CCCC[C@H]1NC(=S)NNC(=O)c1ccc(Cl)cc1. The lowest BCUT2D eigenvalue weighted by molar-refractivity contribution is 0.0943. The Morgan fingerprint density at radius 3 is 2.52 bits per heavy atom. The number of carbonyl (C=O) groups is 1. The second-order valence-electron chi connectivity index (χ2n) is 5.43. The van der Waals surface area contributed by atoms with Crippen molar-refractivity contribution in [2.24, 2.45) is 5.92 Å². The second-order valence-corrected chi connectivity index (χ2v) is 6.27. The summed E-state index contributed by atoms with van der Waals surface area (Å²) >= 11 is 11.0. The van der Waals surface area contributed by atoms with Crippen molar-refractivity contribution in [3.8, 4) is 0 Å². The molecule has 2 rings (SSSR count). The van der Waals surface area contributed by atoms with Crippen LogP contribution in [0, 0.1) is 5.92 Å². The maximum Gasteiger partial charge on any atom is 0.269 e. The van der Waals surface area contributed by atoms with E-state index in [1.807, 2.05) is 0 Å². The molecular weight excluding hydrogens is 306 g/mol. The van der Waals surface area contributed by atoms with Gasteiger partial charge in [0.1, 0.15) is 0 Å². The van der Waals surface area contributed by atoms with Crippen LogP contribution in [0.3, 0.4) is 0 Å². The van der Waals surface area contributed by atoms with Gasteiger partial charge in [-0.05, 0) is 55.2 Å². The molecule has 21 heavy (non-hydrogen) atoms. The van der Waals surface area contributed by atoms with Crippen LogP contribution >= 0.6 is 23.8 Å². The summed E-state index contributed by atoms with van der Waals surface area (Å²) in [6.07, 6.45) is 4.85. The molecule has 1 aromatic carbocycles. The van der Waals surface area contributed by atoms with Gasteiger partial charge in [-0.2, -0.15) is 0 Å². The molecule has 0 radical (unpaired) electrons. The third-order valence-electron chi connectivity index (χ3n) is 3.82. The maximum atomic E-state index is 11.9. The zero-order valence-corrected chi connectivity index (χ0v) is 13.6. The summed E-state index contributed by atoms with van der Waals surface area (Å²) in [5.41, 5.74) is 5.87. The van der Waals surface area contributed by atoms with E-state index in [0.29, 0.717) is 27.7 Å². The highest BCUT2D eigenvalue weighted by atomic mass is 35.5. The average Bonchev–Trinajstić information content (AvgIpc) is 2.48. The first kappa shape index (κ1) is 16.0. The molecule has 1 aliphatic rings. The van der Waals surface area contributed by atoms with Crippen molar-refractivity contribution in [3.63, 3.8) is 0 Å². The summed E-state index contributed by atoms with van der Waals surface area (Å²) in [6, 6.07) is 7.07. The highest BCUT2D eigenvalue weighted by Gasteiger charge is 2.21. The lowest BCUT2D eigenvalue weighted by Crippen LogP contribution is -2.51. The van der Waals surface area contributed by atoms with Crippen LogP contribution in [0.25, 0.3) is 0 Å². The number of rotatable bonds is 2. The minimum absolute atomic E-state index is 0.243. The first-order chi connectivity index (χ1) is 10.1. The number of thiocarbonyl (C=S) groups is 1. The number of hydrogen-bond donors (Lipinski definition) is 3. The smallest absolute Gasteiger partial charge is 0.269 e. The number of hydrazine groups is 1. The fourth-order valence-electron chi connectivity index (χ4n) is 2.52. The zero-order chi connectivity index (χ0) is 15.2. The molecule has 4 nitrogen and oxygen atoms in total. The highest BCUT2D eigenvalue weighted by Crippen LogP contribution is 2.23. The normalized spacial score (nSPS) is 21.4. The third-order valence-corrected chi connectivity index (χ3v) is 4.30. The summed E-state index contributed by atoms with van der Waals surface area (Å²) < 4.78 is 0. The Bertz CT molecular complexity index is 506.